The van der Waals surface area contributed by atoms with E-state index in [2.05, 4.69) is 4.98 Å². The van der Waals surface area contributed by atoms with Crippen LogP contribution in [0, 0.1) is 0 Å². The highest BCUT2D eigenvalue weighted by molar-refractivity contribution is 6.31. The standard InChI is InChI=1S/C13H12ClNO3/c1-2-18-13(17)6-12(16)10-7-15-11-4-3-8(14)5-9(10)11/h3-5,7,15H,2,6H2,1H3. The van der Waals surface area contributed by atoms with Gasteiger partial charge >= 0.3 is 5.97 Å². The minimum Gasteiger partial charge on any atom is -0.466 e. The molecule has 2 rings (SSSR count). The number of carbonyl (C=O) groups is 2. The predicted octanol–water partition coefficient (Wildman–Crippen LogP) is 2.96. The monoisotopic (exact) mass is 265 g/mol. The number of hydrogen-bond acceptors (Lipinski definition) is 3. The highest BCUT2D eigenvalue weighted by atomic mass is 35.5. The molecule has 1 heterocycles. The fraction of sp³-hybridized carbons (Fsp3) is 0.231. The SMILES string of the molecule is CCOC(=O)CC(=O)c1c[nH]c2ccc(Cl)cc12. The van der Waals surface area contributed by atoms with Crippen molar-refractivity contribution >= 4 is 34.3 Å². The molecule has 0 bridgehead atoms. The summed E-state index contributed by atoms with van der Waals surface area (Å²) in [5.41, 5.74) is 1.27. The van der Waals surface area contributed by atoms with Crippen molar-refractivity contribution < 1.29 is 14.3 Å². The summed E-state index contributed by atoms with van der Waals surface area (Å²) in [5, 5.41) is 1.27. The normalized spacial score (nSPS) is 10.6. The number of aromatic nitrogens is 1. The molecule has 0 aliphatic carbocycles. The van der Waals surface area contributed by atoms with Crippen LogP contribution < -0.4 is 0 Å². The molecule has 0 amide bonds. The summed E-state index contributed by atoms with van der Waals surface area (Å²) >= 11 is 5.89. The maximum Gasteiger partial charge on any atom is 0.313 e. The maximum atomic E-state index is 12.0. The van der Waals surface area contributed by atoms with E-state index in [9.17, 15) is 9.59 Å². The summed E-state index contributed by atoms with van der Waals surface area (Å²) in [5.74, 6) is -0.791. The topological polar surface area (TPSA) is 59.2 Å². The Morgan fingerprint density at radius 2 is 2.17 bits per heavy atom. The van der Waals surface area contributed by atoms with Gasteiger partial charge in [0, 0.05) is 27.7 Å². The highest BCUT2D eigenvalue weighted by Crippen LogP contribution is 2.23. The molecule has 0 aliphatic rings. The van der Waals surface area contributed by atoms with Gasteiger partial charge in [0.05, 0.1) is 6.61 Å². The lowest BCUT2D eigenvalue weighted by Crippen LogP contribution is -2.11. The Morgan fingerprint density at radius 1 is 1.39 bits per heavy atom. The second-order valence-electron chi connectivity index (χ2n) is 3.80. The minimum atomic E-state index is -0.515. The summed E-state index contributed by atoms with van der Waals surface area (Å²) in [7, 11) is 0. The number of rotatable bonds is 4. The number of H-pyrrole nitrogens is 1. The largest absolute Gasteiger partial charge is 0.466 e. The summed E-state index contributed by atoms with van der Waals surface area (Å²) in [4.78, 5) is 26.2. The molecule has 1 N–H and O–H groups in total. The van der Waals surface area contributed by atoms with Crippen molar-refractivity contribution in [3.63, 3.8) is 0 Å². The summed E-state index contributed by atoms with van der Waals surface area (Å²) in [6.45, 7) is 1.97. The van der Waals surface area contributed by atoms with Crippen molar-refractivity contribution in [1.82, 2.24) is 4.98 Å². The lowest BCUT2D eigenvalue weighted by Gasteiger charge is -2.00. The molecule has 2 aromatic rings. The van der Waals surface area contributed by atoms with Crippen LogP contribution in [0.15, 0.2) is 24.4 Å². The number of carbonyl (C=O) groups excluding carboxylic acids is 2. The van der Waals surface area contributed by atoms with E-state index in [1.54, 1.807) is 31.3 Å². The van der Waals surface area contributed by atoms with Gasteiger partial charge in [-0.2, -0.15) is 0 Å². The van der Waals surface area contributed by atoms with Crippen molar-refractivity contribution in [1.29, 1.82) is 0 Å². The zero-order valence-electron chi connectivity index (χ0n) is 9.83. The fourth-order valence-corrected chi connectivity index (χ4v) is 1.93. The van der Waals surface area contributed by atoms with E-state index in [1.807, 2.05) is 0 Å². The maximum absolute atomic E-state index is 12.0. The molecule has 1 aromatic heterocycles. The van der Waals surface area contributed by atoms with Crippen LogP contribution in [0.3, 0.4) is 0 Å². The first-order chi connectivity index (χ1) is 8.61. The molecule has 0 unspecified atom stereocenters. The molecule has 0 spiro atoms. The van der Waals surface area contributed by atoms with Crippen molar-refractivity contribution in [2.45, 2.75) is 13.3 Å². The molecule has 18 heavy (non-hydrogen) atoms. The second kappa shape index (κ2) is 5.23. The molecule has 94 valence electrons. The number of esters is 1. The summed E-state index contributed by atoms with van der Waals surface area (Å²) in [6, 6.07) is 5.23. The van der Waals surface area contributed by atoms with Gasteiger partial charge in [0.1, 0.15) is 6.42 Å². The molecule has 0 saturated heterocycles. The van der Waals surface area contributed by atoms with E-state index in [1.165, 1.54) is 0 Å². The van der Waals surface area contributed by atoms with Gasteiger partial charge in [-0.3, -0.25) is 9.59 Å². The second-order valence-corrected chi connectivity index (χ2v) is 4.23. The third kappa shape index (κ3) is 2.54. The molecule has 1 aromatic carbocycles. The van der Waals surface area contributed by atoms with E-state index in [-0.39, 0.29) is 18.8 Å². The minimum absolute atomic E-state index is 0.257. The quantitative estimate of drug-likeness (QED) is 0.525. The first-order valence-corrected chi connectivity index (χ1v) is 5.95. The lowest BCUT2D eigenvalue weighted by atomic mass is 10.1. The van der Waals surface area contributed by atoms with Crippen LogP contribution in [-0.4, -0.2) is 23.3 Å². The molecule has 5 heteroatoms. The predicted molar refractivity (Wildman–Crippen MR) is 68.9 cm³/mol. The number of nitrogens with one attached hydrogen (secondary N) is 1. The van der Waals surface area contributed by atoms with Crippen LogP contribution in [0.5, 0.6) is 0 Å². The van der Waals surface area contributed by atoms with Gasteiger partial charge < -0.3 is 9.72 Å². The average molecular weight is 266 g/mol. The first kappa shape index (κ1) is 12.6. The number of benzene rings is 1. The lowest BCUT2D eigenvalue weighted by molar-refractivity contribution is -0.141. The zero-order chi connectivity index (χ0) is 13.1. The Morgan fingerprint density at radius 3 is 2.89 bits per heavy atom. The van der Waals surface area contributed by atoms with Gasteiger partial charge in [0.15, 0.2) is 5.78 Å². The van der Waals surface area contributed by atoms with E-state index >= 15 is 0 Å². The van der Waals surface area contributed by atoms with E-state index < -0.39 is 5.97 Å². The Hall–Kier alpha value is -1.81. The number of Topliss-reactive ketones (excluding diaryl/α,β-unsaturated/α-hetero) is 1. The molecular formula is C13H12ClNO3. The fourth-order valence-electron chi connectivity index (χ4n) is 1.76. The van der Waals surface area contributed by atoms with Crippen LogP contribution in [0.25, 0.3) is 10.9 Å². The van der Waals surface area contributed by atoms with Crippen molar-refractivity contribution in [3.05, 3.63) is 35.0 Å². The number of fused-ring (bicyclic) bond motifs is 1. The molecular weight excluding hydrogens is 254 g/mol. The van der Waals surface area contributed by atoms with E-state index in [4.69, 9.17) is 16.3 Å². The van der Waals surface area contributed by atoms with Gasteiger partial charge in [-0.1, -0.05) is 11.6 Å². The first-order valence-electron chi connectivity index (χ1n) is 5.57. The van der Waals surface area contributed by atoms with E-state index in [0.29, 0.717) is 10.6 Å². The molecule has 0 radical (unpaired) electrons. The number of halogens is 1. The number of ketones is 1. The molecule has 4 nitrogen and oxygen atoms in total. The van der Waals surface area contributed by atoms with Crippen LogP contribution in [-0.2, 0) is 9.53 Å². The van der Waals surface area contributed by atoms with Crippen LogP contribution >= 0.6 is 11.6 Å². The smallest absolute Gasteiger partial charge is 0.313 e. The van der Waals surface area contributed by atoms with Crippen molar-refractivity contribution in [2.24, 2.45) is 0 Å². The number of ether oxygens (including phenoxy) is 1. The van der Waals surface area contributed by atoms with Gasteiger partial charge in [-0.15, -0.1) is 0 Å². The van der Waals surface area contributed by atoms with Gasteiger partial charge in [0.25, 0.3) is 0 Å². The van der Waals surface area contributed by atoms with Crippen LogP contribution in [0.4, 0.5) is 0 Å². The molecule has 0 saturated carbocycles. The summed E-state index contributed by atoms with van der Waals surface area (Å²) in [6.07, 6.45) is 1.33. The van der Waals surface area contributed by atoms with E-state index in [0.717, 1.165) is 10.9 Å². The van der Waals surface area contributed by atoms with Crippen LogP contribution in [0.1, 0.15) is 23.7 Å². The van der Waals surface area contributed by atoms with Gasteiger partial charge in [-0.05, 0) is 25.1 Å². The molecule has 0 fully saturated rings. The Kier molecular flexibility index (Phi) is 3.67. The summed E-state index contributed by atoms with van der Waals surface area (Å²) < 4.78 is 4.75. The highest BCUT2D eigenvalue weighted by Gasteiger charge is 2.16. The van der Waals surface area contributed by atoms with Crippen LogP contribution in [0.2, 0.25) is 5.02 Å². The van der Waals surface area contributed by atoms with Gasteiger partial charge in [-0.25, -0.2) is 0 Å². The number of hydrogen-bond donors (Lipinski definition) is 1. The third-order valence-electron chi connectivity index (χ3n) is 2.55. The van der Waals surface area contributed by atoms with Gasteiger partial charge in [0.2, 0.25) is 0 Å². The van der Waals surface area contributed by atoms with Crippen molar-refractivity contribution in [2.75, 3.05) is 6.61 Å². The Bertz CT molecular complexity index is 603. The Balaban J connectivity index is 2.28. The van der Waals surface area contributed by atoms with Crippen molar-refractivity contribution in [3.8, 4) is 0 Å². The Labute approximate surface area is 109 Å². The molecule has 0 aliphatic heterocycles. The number of aromatic amines is 1. The molecule has 0 atom stereocenters. The third-order valence-corrected chi connectivity index (χ3v) is 2.79. The average Bonchev–Trinajstić information content (AvgIpc) is 2.71. The zero-order valence-corrected chi connectivity index (χ0v) is 10.6.